The minimum atomic E-state index is -0.927. The Morgan fingerprint density at radius 1 is 1.15 bits per heavy atom. The lowest BCUT2D eigenvalue weighted by Crippen LogP contribution is -2.20. The summed E-state index contributed by atoms with van der Waals surface area (Å²) in [5.41, 5.74) is 3.21. The molecule has 1 N–H and O–H groups in total. The van der Waals surface area contributed by atoms with E-state index in [2.05, 4.69) is 16.9 Å². The molecule has 1 atom stereocenters. The highest BCUT2D eigenvalue weighted by Crippen LogP contribution is 2.43. The fraction of sp³-hybridized carbons (Fsp3) is 0.269. The Morgan fingerprint density at radius 3 is 2.62 bits per heavy atom. The molecule has 176 valence electrons. The van der Waals surface area contributed by atoms with E-state index in [4.69, 9.17) is 19.0 Å². The number of carboxylic acid groups (broad SMARTS) is 1. The summed E-state index contributed by atoms with van der Waals surface area (Å²) in [6.45, 7) is 4.08. The van der Waals surface area contributed by atoms with Crippen molar-refractivity contribution in [1.29, 1.82) is 0 Å². The van der Waals surface area contributed by atoms with Gasteiger partial charge in [0.25, 0.3) is 0 Å². The number of ether oxygens (including phenoxy) is 2. The molecule has 0 spiro atoms. The Balaban J connectivity index is 1.76. The molecule has 2 heterocycles. The van der Waals surface area contributed by atoms with E-state index in [0.29, 0.717) is 22.3 Å². The molecule has 0 saturated heterocycles. The Kier molecular flexibility index (Phi) is 7.18. The molecule has 0 radical (unpaired) electrons. The Bertz CT molecular complexity index is 1290. The molecule has 0 saturated carbocycles. The summed E-state index contributed by atoms with van der Waals surface area (Å²) < 4.78 is 32.3. The maximum absolute atomic E-state index is 14.8. The van der Waals surface area contributed by atoms with Gasteiger partial charge in [-0.3, -0.25) is 4.79 Å². The summed E-state index contributed by atoms with van der Waals surface area (Å²) in [6.07, 6.45) is 1.76. The summed E-state index contributed by atoms with van der Waals surface area (Å²) in [7, 11) is 0. The number of fused-ring (bicyclic) bond motifs is 1. The zero-order valence-electron chi connectivity index (χ0n) is 19.0. The Labute approximate surface area is 196 Å². The lowest BCUT2D eigenvalue weighted by Gasteiger charge is -2.14. The van der Waals surface area contributed by atoms with Gasteiger partial charge in [0, 0.05) is 5.56 Å². The van der Waals surface area contributed by atoms with E-state index in [1.54, 1.807) is 25.1 Å². The van der Waals surface area contributed by atoms with Crippen molar-refractivity contribution in [2.45, 2.75) is 32.8 Å². The number of carboxylic acids is 1. The van der Waals surface area contributed by atoms with Crippen LogP contribution in [0.5, 0.6) is 5.88 Å². The van der Waals surface area contributed by atoms with E-state index in [0.717, 1.165) is 12.0 Å². The molecule has 0 aliphatic rings. The van der Waals surface area contributed by atoms with Crippen LogP contribution in [0.4, 0.5) is 4.39 Å². The minimum Gasteiger partial charge on any atom is -0.481 e. The van der Waals surface area contributed by atoms with Crippen molar-refractivity contribution in [2.75, 3.05) is 13.2 Å². The van der Waals surface area contributed by atoms with Crippen molar-refractivity contribution in [1.82, 2.24) is 9.97 Å². The summed E-state index contributed by atoms with van der Waals surface area (Å²) >= 11 is 0. The van der Waals surface area contributed by atoms with Crippen LogP contribution in [0.1, 0.15) is 25.8 Å². The van der Waals surface area contributed by atoms with Gasteiger partial charge >= 0.3 is 5.97 Å². The number of rotatable bonds is 10. The van der Waals surface area contributed by atoms with Crippen molar-refractivity contribution >= 4 is 17.1 Å². The second kappa shape index (κ2) is 10.4. The molecule has 2 aromatic heterocycles. The van der Waals surface area contributed by atoms with Crippen LogP contribution < -0.4 is 4.74 Å². The molecule has 8 heteroatoms. The van der Waals surface area contributed by atoms with Crippen LogP contribution in [-0.4, -0.2) is 40.4 Å². The van der Waals surface area contributed by atoms with Crippen LogP contribution in [0.2, 0.25) is 0 Å². The average Bonchev–Trinajstić information content (AvgIpc) is 3.23. The highest BCUT2D eigenvalue weighted by Gasteiger charge is 2.24. The number of aromatic nitrogens is 2. The van der Waals surface area contributed by atoms with Gasteiger partial charge in [-0.05, 0) is 36.6 Å². The van der Waals surface area contributed by atoms with Crippen molar-refractivity contribution in [3.63, 3.8) is 0 Å². The third-order valence-electron chi connectivity index (χ3n) is 5.40. The van der Waals surface area contributed by atoms with Crippen LogP contribution in [0.3, 0.4) is 0 Å². The fourth-order valence-corrected chi connectivity index (χ4v) is 3.63. The number of hydrogen-bond acceptors (Lipinski definition) is 6. The fourth-order valence-electron chi connectivity index (χ4n) is 3.63. The van der Waals surface area contributed by atoms with E-state index in [-0.39, 0.29) is 37.3 Å². The zero-order chi connectivity index (χ0) is 24.1. The van der Waals surface area contributed by atoms with Crippen molar-refractivity contribution < 1.29 is 28.2 Å². The van der Waals surface area contributed by atoms with Crippen LogP contribution >= 0.6 is 0 Å². The molecule has 0 fully saturated rings. The second-order valence-electron chi connectivity index (χ2n) is 7.83. The third-order valence-corrected chi connectivity index (χ3v) is 5.40. The van der Waals surface area contributed by atoms with Gasteiger partial charge in [0.05, 0.1) is 24.7 Å². The highest BCUT2D eigenvalue weighted by molar-refractivity contribution is 6.03. The van der Waals surface area contributed by atoms with Crippen LogP contribution in [-0.2, 0) is 16.0 Å². The van der Waals surface area contributed by atoms with Crippen LogP contribution in [0.15, 0.2) is 59.3 Å². The van der Waals surface area contributed by atoms with E-state index in [9.17, 15) is 9.18 Å². The molecule has 34 heavy (non-hydrogen) atoms. The number of aryl methyl sites for hydroxylation is 1. The van der Waals surface area contributed by atoms with Crippen molar-refractivity contribution in [2.24, 2.45) is 0 Å². The highest BCUT2D eigenvalue weighted by atomic mass is 19.1. The molecular formula is C26H25FN2O5. The molecule has 7 nitrogen and oxygen atoms in total. The maximum Gasteiger partial charge on any atom is 0.305 e. The van der Waals surface area contributed by atoms with Crippen molar-refractivity contribution in [3.05, 3.63) is 66.2 Å². The van der Waals surface area contributed by atoms with Gasteiger partial charge < -0.3 is 19.0 Å². The first kappa shape index (κ1) is 23.4. The molecule has 0 bridgehead atoms. The van der Waals surface area contributed by atoms with Gasteiger partial charge in [-0.1, -0.05) is 43.3 Å². The molecule has 2 aromatic carbocycles. The molecule has 0 amide bonds. The van der Waals surface area contributed by atoms with Gasteiger partial charge in [-0.25, -0.2) is 14.4 Å². The zero-order valence-corrected chi connectivity index (χ0v) is 19.0. The SMILES string of the molecule is CCc1ccc(-c2c(-c3ccccc3F)oc3ncnc(OC[C@H](C)OCCC(=O)O)c23)cc1. The van der Waals surface area contributed by atoms with Gasteiger partial charge in [0.1, 0.15) is 29.9 Å². The standard InChI is InChI=1S/C26H25FN2O5/c1-3-17-8-10-18(11-9-17)22-23-25(33-14-16(2)32-13-12-21(30)31)28-15-29-26(23)34-24(22)19-6-4-5-7-20(19)27/h4-11,15-16H,3,12-14H2,1-2H3,(H,30,31)/t16-/m0/s1. The maximum atomic E-state index is 14.8. The van der Waals surface area contributed by atoms with E-state index < -0.39 is 11.8 Å². The smallest absolute Gasteiger partial charge is 0.305 e. The summed E-state index contributed by atoms with van der Waals surface area (Å²) in [5.74, 6) is -0.722. The van der Waals surface area contributed by atoms with Crippen molar-refractivity contribution in [3.8, 4) is 28.3 Å². The Morgan fingerprint density at radius 2 is 1.91 bits per heavy atom. The quantitative estimate of drug-likeness (QED) is 0.330. The Hall–Kier alpha value is -3.78. The van der Waals surface area contributed by atoms with Crippen LogP contribution in [0.25, 0.3) is 33.6 Å². The summed E-state index contributed by atoms with van der Waals surface area (Å²) in [5, 5.41) is 9.31. The van der Waals surface area contributed by atoms with E-state index in [1.807, 2.05) is 24.3 Å². The normalized spacial score (nSPS) is 12.1. The molecule has 4 rings (SSSR count). The third kappa shape index (κ3) is 5.07. The summed E-state index contributed by atoms with van der Waals surface area (Å²) in [4.78, 5) is 19.3. The second-order valence-corrected chi connectivity index (χ2v) is 7.83. The first-order valence-corrected chi connectivity index (χ1v) is 11.1. The van der Waals surface area contributed by atoms with Gasteiger partial charge in [0.15, 0.2) is 0 Å². The number of benzene rings is 2. The number of carbonyl (C=O) groups is 1. The predicted octanol–water partition coefficient (Wildman–Crippen LogP) is 5.52. The monoisotopic (exact) mass is 464 g/mol. The minimum absolute atomic E-state index is 0.0806. The topological polar surface area (TPSA) is 94.7 Å². The largest absolute Gasteiger partial charge is 0.481 e. The number of hydrogen-bond donors (Lipinski definition) is 1. The van der Waals surface area contributed by atoms with Gasteiger partial charge in [-0.2, -0.15) is 0 Å². The predicted molar refractivity (Wildman–Crippen MR) is 125 cm³/mol. The number of aliphatic carboxylic acids is 1. The number of halogens is 1. The van der Waals surface area contributed by atoms with Gasteiger partial charge in [-0.15, -0.1) is 0 Å². The lowest BCUT2D eigenvalue weighted by molar-refractivity contribution is -0.138. The summed E-state index contributed by atoms with van der Waals surface area (Å²) in [6, 6.07) is 14.4. The first-order chi connectivity index (χ1) is 16.5. The first-order valence-electron chi connectivity index (χ1n) is 11.1. The molecule has 4 aromatic rings. The van der Waals surface area contributed by atoms with E-state index >= 15 is 0 Å². The van der Waals surface area contributed by atoms with E-state index in [1.165, 1.54) is 18.0 Å². The molecule has 0 aliphatic heterocycles. The van der Waals surface area contributed by atoms with Crippen LogP contribution in [0, 0.1) is 5.82 Å². The number of furan rings is 1. The molecule has 0 unspecified atom stereocenters. The lowest BCUT2D eigenvalue weighted by atomic mass is 9.98. The average molecular weight is 464 g/mol. The number of nitrogens with zero attached hydrogens (tertiary/aromatic N) is 2. The van der Waals surface area contributed by atoms with Gasteiger partial charge in [0.2, 0.25) is 11.6 Å². The molecular weight excluding hydrogens is 439 g/mol. The molecule has 0 aliphatic carbocycles.